The number of hydrogen-bond acceptors (Lipinski definition) is 5. The molecule has 32 heavy (non-hydrogen) atoms. The zero-order valence-electron chi connectivity index (χ0n) is 16.9. The van der Waals surface area contributed by atoms with E-state index in [9.17, 15) is 19.2 Å². The third kappa shape index (κ3) is 4.05. The molecule has 0 saturated carbocycles. The minimum atomic E-state index is -1.07. The first-order valence-corrected chi connectivity index (χ1v) is 11.2. The van der Waals surface area contributed by atoms with Gasteiger partial charge in [0.05, 0.1) is 10.9 Å². The molecule has 2 aliphatic rings. The summed E-state index contributed by atoms with van der Waals surface area (Å²) in [5.74, 6) is -2.23. The van der Waals surface area contributed by atoms with Crippen molar-refractivity contribution in [1.29, 1.82) is 0 Å². The van der Waals surface area contributed by atoms with Gasteiger partial charge in [-0.3, -0.25) is 19.2 Å². The summed E-state index contributed by atoms with van der Waals surface area (Å²) in [6.45, 7) is -0.380. The van der Waals surface area contributed by atoms with Gasteiger partial charge in [-0.2, -0.15) is 0 Å². The zero-order chi connectivity index (χ0) is 23.0. The van der Waals surface area contributed by atoms with Crippen LogP contribution < -0.4 is 16.4 Å². The van der Waals surface area contributed by atoms with E-state index in [1.807, 2.05) is 30.3 Å². The Bertz CT molecular complexity index is 1100. The number of halogens is 1. The highest BCUT2D eigenvalue weighted by molar-refractivity contribution is 7.99. The van der Waals surface area contributed by atoms with E-state index in [1.54, 1.807) is 18.2 Å². The molecule has 8 nitrogen and oxygen atoms in total. The van der Waals surface area contributed by atoms with Crippen molar-refractivity contribution in [2.24, 2.45) is 11.5 Å². The predicted molar refractivity (Wildman–Crippen MR) is 121 cm³/mol. The number of amides is 4. The summed E-state index contributed by atoms with van der Waals surface area (Å²) >= 11 is 7.58. The number of anilines is 1. The van der Waals surface area contributed by atoms with Crippen molar-refractivity contribution in [1.82, 2.24) is 4.90 Å². The highest BCUT2D eigenvalue weighted by Crippen LogP contribution is 2.49. The van der Waals surface area contributed by atoms with Crippen LogP contribution in [-0.2, 0) is 19.2 Å². The van der Waals surface area contributed by atoms with E-state index >= 15 is 0 Å². The first kappa shape index (κ1) is 22.2. The number of carbonyl (C=O) groups is 4. The van der Waals surface area contributed by atoms with Crippen molar-refractivity contribution in [3.05, 3.63) is 59.1 Å². The SMILES string of the molecule is NC(=O)CN1C(=O)C(N2C(=O)CC[C@H]2C(N)=O)C(c2ccccc2)Sc2cc(Cl)ccc21. The molecule has 4 N–H and O–H groups in total. The molecule has 0 radical (unpaired) electrons. The predicted octanol–water partition coefficient (Wildman–Crippen LogP) is 1.85. The van der Waals surface area contributed by atoms with Crippen molar-refractivity contribution >= 4 is 52.7 Å². The van der Waals surface area contributed by atoms with Gasteiger partial charge in [-0.25, -0.2) is 0 Å². The molecule has 2 aromatic carbocycles. The quantitative estimate of drug-likeness (QED) is 0.686. The lowest BCUT2D eigenvalue weighted by Gasteiger charge is -2.36. The number of rotatable bonds is 5. The number of nitrogens with zero attached hydrogens (tertiary/aromatic N) is 2. The zero-order valence-corrected chi connectivity index (χ0v) is 18.5. The maximum Gasteiger partial charge on any atom is 0.251 e. The van der Waals surface area contributed by atoms with Crippen molar-refractivity contribution in [3.63, 3.8) is 0 Å². The van der Waals surface area contributed by atoms with E-state index in [0.29, 0.717) is 15.6 Å². The van der Waals surface area contributed by atoms with Crippen LogP contribution >= 0.6 is 23.4 Å². The number of benzene rings is 2. The molecule has 166 valence electrons. The van der Waals surface area contributed by atoms with Gasteiger partial charge in [0.15, 0.2) is 0 Å². The van der Waals surface area contributed by atoms with E-state index < -0.39 is 35.1 Å². The Morgan fingerprint density at radius 1 is 1.09 bits per heavy atom. The van der Waals surface area contributed by atoms with Gasteiger partial charge >= 0.3 is 0 Å². The van der Waals surface area contributed by atoms with Crippen LogP contribution in [0, 0.1) is 0 Å². The summed E-state index contributed by atoms with van der Waals surface area (Å²) in [5, 5.41) is -0.108. The van der Waals surface area contributed by atoms with Gasteiger partial charge in [-0.05, 0) is 30.2 Å². The first-order chi connectivity index (χ1) is 15.3. The maximum absolute atomic E-state index is 13.9. The fourth-order valence-corrected chi connectivity index (χ4v) is 5.90. The van der Waals surface area contributed by atoms with Gasteiger partial charge in [-0.15, -0.1) is 11.8 Å². The molecule has 2 aliphatic heterocycles. The van der Waals surface area contributed by atoms with Gasteiger partial charge in [0.25, 0.3) is 5.91 Å². The molecule has 2 aromatic rings. The average Bonchev–Trinajstić information content (AvgIpc) is 3.09. The number of thioether (sulfide) groups is 1. The van der Waals surface area contributed by atoms with Crippen LogP contribution in [0.1, 0.15) is 23.7 Å². The highest BCUT2D eigenvalue weighted by Gasteiger charge is 2.49. The Balaban J connectivity index is 1.92. The molecule has 3 atom stereocenters. The fraction of sp³-hybridized carbons (Fsp3) is 0.273. The topological polar surface area (TPSA) is 127 Å². The lowest BCUT2D eigenvalue weighted by Crippen LogP contribution is -2.57. The summed E-state index contributed by atoms with van der Waals surface area (Å²) in [6, 6.07) is 12.2. The Morgan fingerprint density at radius 2 is 1.81 bits per heavy atom. The number of primary amides is 2. The number of hydrogen-bond donors (Lipinski definition) is 2. The van der Waals surface area contributed by atoms with Crippen LogP contribution in [-0.4, -0.2) is 47.2 Å². The highest BCUT2D eigenvalue weighted by atomic mass is 35.5. The van der Waals surface area contributed by atoms with E-state index in [1.165, 1.54) is 21.6 Å². The summed E-state index contributed by atoms with van der Waals surface area (Å²) in [5.41, 5.74) is 12.3. The van der Waals surface area contributed by atoms with Crippen LogP contribution in [0.5, 0.6) is 0 Å². The second-order valence-corrected chi connectivity index (χ2v) is 9.27. The van der Waals surface area contributed by atoms with E-state index in [2.05, 4.69) is 0 Å². The van der Waals surface area contributed by atoms with Gasteiger partial charge in [0, 0.05) is 16.3 Å². The van der Waals surface area contributed by atoms with E-state index in [4.69, 9.17) is 23.1 Å². The molecule has 1 fully saturated rings. The largest absolute Gasteiger partial charge is 0.368 e. The van der Waals surface area contributed by atoms with Crippen molar-refractivity contribution < 1.29 is 19.2 Å². The smallest absolute Gasteiger partial charge is 0.251 e. The molecular weight excluding hydrogens is 452 g/mol. The summed E-state index contributed by atoms with van der Waals surface area (Å²) in [6.07, 6.45) is 0.344. The van der Waals surface area contributed by atoms with Crippen molar-refractivity contribution in [3.8, 4) is 0 Å². The molecule has 10 heteroatoms. The number of fused-ring (bicyclic) bond motifs is 1. The number of nitrogens with two attached hydrogens (primary N) is 2. The summed E-state index contributed by atoms with van der Waals surface area (Å²) in [4.78, 5) is 54.1. The lowest BCUT2D eigenvalue weighted by atomic mass is 10.0. The van der Waals surface area contributed by atoms with Gasteiger partial charge in [0.1, 0.15) is 18.6 Å². The van der Waals surface area contributed by atoms with Gasteiger partial charge in [-0.1, -0.05) is 41.9 Å². The Morgan fingerprint density at radius 3 is 2.47 bits per heavy atom. The molecule has 2 unspecified atom stereocenters. The maximum atomic E-state index is 13.9. The molecule has 2 heterocycles. The molecule has 0 aliphatic carbocycles. The first-order valence-electron chi connectivity index (χ1n) is 9.99. The van der Waals surface area contributed by atoms with Gasteiger partial charge in [0.2, 0.25) is 17.7 Å². The summed E-state index contributed by atoms with van der Waals surface area (Å²) < 4.78 is 0. The van der Waals surface area contributed by atoms with Gasteiger partial charge < -0.3 is 21.3 Å². The second kappa shape index (κ2) is 8.84. The lowest BCUT2D eigenvalue weighted by molar-refractivity contribution is -0.141. The van der Waals surface area contributed by atoms with Crippen LogP contribution in [0.25, 0.3) is 0 Å². The molecule has 4 rings (SSSR count). The van der Waals surface area contributed by atoms with Crippen LogP contribution in [0.3, 0.4) is 0 Å². The van der Waals surface area contributed by atoms with E-state index in [0.717, 1.165) is 5.56 Å². The van der Waals surface area contributed by atoms with Crippen molar-refractivity contribution in [2.75, 3.05) is 11.4 Å². The number of carbonyl (C=O) groups excluding carboxylic acids is 4. The standard InChI is InChI=1S/C22H21ClN4O4S/c23-13-6-7-14-16(10-13)32-20(12-4-2-1-3-5-12)19(22(31)26(14)11-17(24)28)27-15(21(25)30)8-9-18(27)29/h1-7,10,15,19-20H,8-9,11H2,(H2,24,28)(H2,25,30)/t15-,19?,20?/m0/s1. The second-order valence-electron chi connectivity index (χ2n) is 7.65. The third-order valence-corrected chi connectivity index (χ3v) is 7.20. The average molecular weight is 473 g/mol. The monoisotopic (exact) mass is 472 g/mol. The summed E-state index contributed by atoms with van der Waals surface area (Å²) in [7, 11) is 0. The van der Waals surface area contributed by atoms with Crippen LogP contribution in [0.15, 0.2) is 53.4 Å². The van der Waals surface area contributed by atoms with Crippen molar-refractivity contribution in [2.45, 2.75) is 35.1 Å². The molecule has 0 bridgehead atoms. The third-order valence-electron chi connectivity index (χ3n) is 5.60. The minimum Gasteiger partial charge on any atom is -0.368 e. The van der Waals surface area contributed by atoms with Crippen LogP contribution in [0.2, 0.25) is 5.02 Å². The normalized spacial score (nSPS) is 23.1. The molecule has 0 aromatic heterocycles. The molecule has 4 amide bonds. The Labute approximate surface area is 193 Å². The molecule has 0 spiro atoms. The molecule has 1 saturated heterocycles. The van der Waals surface area contributed by atoms with E-state index in [-0.39, 0.29) is 25.3 Å². The molecular formula is C22H21ClN4O4S. The van der Waals surface area contributed by atoms with Crippen LogP contribution in [0.4, 0.5) is 5.69 Å². The minimum absolute atomic E-state index is 0.109. The Kier molecular flexibility index (Phi) is 6.12. The fourth-order valence-electron chi connectivity index (χ4n) is 4.22. The number of likely N-dealkylation sites (tertiary alicyclic amines) is 1. The Hall–Kier alpha value is -3.04.